The van der Waals surface area contributed by atoms with Crippen LogP contribution in [0.3, 0.4) is 0 Å². The molecule has 6 atom stereocenters. The number of amides is 1. The second kappa shape index (κ2) is 8.56. The van der Waals surface area contributed by atoms with Gasteiger partial charge in [0.15, 0.2) is 34.7 Å². The van der Waals surface area contributed by atoms with Crippen molar-refractivity contribution >= 4 is 35.3 Å². The quantitative estimate of drug-likeness (QED) is 0.369. The first-order valence-corrected chi connectivity index (χ1v) is 11.8. The monoisotopic (exact) mass is 506 g/mol. The third-order valence-corrected chi connectivity index (χ3v) is 7.90. The molecule has 0 radical (unpaired) electrons. The minimum absolute atomic E-state index is 0.00622. The molecular formula is C26H26N4O7. The van der Waals surface area contributed by atoms with Crippen molar-refractivity contribution in [3.63, 3.8) is 0 Å². The summed E-state index contributed by atoms with van der Waals surface area (Å²) in [5.41, 5.74) is 3.58. The molecule has 1 aromatic carbocycles. The Morgan fingerprint density at radius 2 is 1.84 bits per heavy atom. The summed E-state index contributed by atoms with van der Waals surface area (Å²) in [6.07, 6.45) is 5.16. The summed E-state index contributed by atoms with van der Waals surface area (Å²) in [5, 5.41) is 26.5. The van der Waals surface area contributed by atoms with Crippen LogP contribution in [0.4, 0.5) is 0 Å². The van der Waals surface area contributed by atoms with Crippen LogP contribution < -0.4 is 5.73 Å². The SMILES string of the molecule is CN(C)[C@@H]1C(=O)C(C(N)=O)C(=O)[C@@]2(O)C(=O)C3C(=O)c4c(O)ccc(C=Nn5cccc5)c4C[C@H]3C[C@@H]12. The maximum atomic E-state index is 13.8. The summed E-state index contributed by atoms with van der Waals surface area (Å²) in [6, 6.07) is 5.39. The third-order valence-electron chi connectivity index (χ3n) is 7.90. The number of nitrogens with two attached hydrogens (primary N) is 1. The minimum atomic E-state index is -2.74. The summed E-state index contributed by atoms with van der Waals surface area (Å²) in [4.78, 5) is 67.3. The van der Waals surface area contributed by atoms with Crippen LogP contribution in [0.15, 0.2) is 41.8 Å². The molecule has 2 saturated carbocycles. The van der Waals surface area contributed by atoms with Gasteiger partial charge in [-0.1, -0.05) is 0 Å². The number of ketones is 4. The van der Waals surface area contributed by atoms with Gasteiger partial charge in [0.2, 0.25) is 5.91 Å². The zero-order valence-electron chi connectivity index (χ0n) is 20.2. The predicted octanol–water partition coefficient (Wildman–Crippen LogP) is -0.449. The molecule has 0 saturated heterocycles. The van der Waals surface area contributed by atoms with Crippen LogP contribution in [0.5, 0.6) is 5.75 Å². The number of benzene rings is 1. The number of carbonyl (C=O) groups is 5. The van der Waals surface area contributed by atoms with Crippen molar-refractivity contribution in [2.75, 3.05) is 14.1 Å². The molecule has 1 amide bonds. The number of fused-ring (bicyclic) bond motifs is 3. The number of aromatic nitrogens is 1. The molecule has 192 valence electrons. The van der Waals surface area contributed by atoms with Gasteiger partial charge in [-0.15, -0.1) is 0 Å². The molecule has 1 aromatic heterocycles. The number of hydrogen-bond donors (Lipinski definition) is 3. The summed E-state index contributed by atoms with van der Waals surface area (Å²) < 4.78 is 1.56. The van der Waals surface area contributed by atoms with Gasteiger partial charge in [-0.3, -0.25) is 28.9 Å². The normalized spacial score (nSPS) is 31.4. The molecule has 37 heavy (non-hydrogen) atoms. The van der Waals surface area contributed by atoms with Crippen molar-refractivity contribution in [1.29, 1.82) is 0 Å². The van der Waals surface area contributed by atoms with E-state index in [2.05, 4.69) is 5.10 Å². The smallest absolute Gasteiger partial charge is 0.235 e. The molecular weight excluding hydrogens is 480 g/mol. The largest absolute Gasteiger partial charge is 0.507 e. The molecule has 11 heteroatoms. The third kappa shape index (κ3) is 3.49. The Hall–Kier alpha value is -3.96. The van der Waals surface area contributed by atoms with E-state index in [1.165, 1.54) is 11.0 Å². The molecule has 2 aromatic rings. The molecule has 5 rings (SSSR count). The van der Waals surface area contributed by atoms with Gasteiger partial charge < -0.3 is 15.9 Å². The minimum Gasteiger partial charge on any atom is -0.507 e. The van der Waals surface area contributed by atoms with E-state index < -0.39 is 64.4 Å². The van der Waals surface area contributed by atoms with Crippen molar-refractivity contribution in [3.05, 3.63) is 53.3 Å². The topological polar surface area (TPSA) is 172 Å². The number of carbonyl (C=O) groups excluding carboxylic acids is 5. The Bertz CT molecular complexity index is 1380. The number of primary amides is 1. The maximum absolute atomic E-state index is 13.8. The molecule has 3 aliphatic rings. The highest BCUT2D eigenvalue weighted by atomic mass is 16.3. The van der Waals surface area contributed by atoms with Gasteiger partial charge in [0.1, 0.15) is 5.75 Å². The van der Waals surface area contributed by atoms with Crippen molar-refractivity contribution in [2.24, 2.45) is 34.5 Å². The number of phenolic OH excluding ortho intramolecular Hbond substituents is 1. The Labute approximate surface area is 211 Å². The fourth-order valence-electron chi connectivity index (χ4n) is 6.28. The molecule has 3 aliphatic carbocycles. The van der Waals surface area contributed by atoms with Crippen molar-refractivity contribution in [1.82, 2.24) is 9.58 Å². The van der Waals surface area contributed by atoms with E-state index in [0.29, 0.717) is 11.1 Å². The average molecular weight is 507 g/mol. The van der Waals surface area contributed by atoms with Crippen LogP contribution >= 0.6 is 0 Å². The highest BCUT2D eigenvalue weighted by Gasteiger charge is 2.69. The Morgan fingerprint density at radius 3 is 2.46 bits per heavy atom. The van der Waals surface area contributed by atoms with Crippen LogP contribution in [0.2, 0.25) is 0 Å². The number of nitrogens with zero attached hydrogens (tertiary/aromatic N) is 3. The molecule has 2 fully saturated rings. The standard InChI is InChI=1S/C26H26N4O7/c1-29(2)20-15-10-13-9-14-12(11-28-30-7-3-4-8-30)5-6-16(31)18(14)21(32)17(13)23(34)26(15,37)24(35)19(22(20)33)25(27)36/h3-8,11,13,15,17,19-20,31,37H,9-10H2,1-2H3,(H2,27,36)/t13-,15-,17?,19?,20-,26-/m0/s1. The Morgan fingerprint density at radius 1 is 1.16 bits per heavy atom. The van der Waals surface area contributed by atoms with Crippen LogP contribution in [-0.4, -0.2) is 80.8 Å². The van der Waals surface area contributed by atoms with Crippen LogP contribution in [0, 0.1) is 23.7 Å². The number of aliphatic hydroxyl groups is 1. The number of likely N-dealkylation sites (N-methyl/N-ethyl adjacent to an activating group) is 1. The highest BCUT2D eigenvalue weighted by Crippen LogP contribution is 2.50. The van der Waals surface area contributed by atoms with Crippen LogP contribution in [-0.2, 0) is 25.6 Å². The van der Waals surface area contributed by atoms with E-state index in [9.17, 15) is 34.2 Å². The number of aromatic hydroxyl groups is 1. The van der Waals surface area contributed by atoms with Crippen LogP contribution in [0.1, 0.15) is 27.9 Å². The lowest BCUT2D eigenvalue weighted by Gasteiger charge is -2.52. The number of hydrogen-bond acceptors (Lipinski definition) is 9. The molecule has 4 N–H and O–H groups in total. The lowest BCUT2D eigenvalue weighted by molar-refractivity contribution is -0.181. The lowest BCUT2D eigenvalue weighted by atomic mass is 9.52. The molecule has 1 heterocycles. The zero-order chi connectivity index (χ0) is 26.8. The van der Waals surface area contributed by atoms with Crippen LogP contribution in [0.25, 0.3) is 0 Å². The second-order valence-electron chi connectivity index (χ2n) is 10.1. The van der Waals surface area contributed by atoms with Gasteiger partial charge in [0.05, 0.1) is 23.7 Å². The Kier molecular flexibility index (Phi) is 5.72. The van der Waals surface area contributed by atoms with Gasteiger partial charge in [-0.05, 0) is 68.2 Å². The Balaban J connectivity index is 1.61. The fraction of sp³-hybridized carbons (Fsp3) is 0.385. The number of rotatable bonds is 4. The van der Waals surface area contributed by atoms with E-state index in [-0.39, 0.29) is 24.2 Å². The van der Waals surface area contributed by atoms with Crippen molar-refractivity contribution < 1.29 is 34.2 Å². The first kappa shape index (κ1) is 24.7. The van der Waals surface area contributed by atoms with Crippen molar-refractivity contribution in [3.8, 4) is 5.75 Å². The van der Waals surface area contributed by atoms with Gasteiger partial charge >= 0.3 is 0 Å². The van der Waals surface area contributed by atoms with E-state index in [1.807, 2.05) is 0 Å². The average Bonchev–Trinajstić information content (AvgIpc) is 3.34. The van der Waals surface area contributed by atoms with Gasteiger partial charge in [-0.25, -0.2) is 4.68 Å². The summed E-state index contributed by atoms with van der Waals surface area (Å²) in [6.45, 7) is 0. The number of Topliss-reactive ketones (excluding diaryl/α,β-unsaturated/α-hetero) is 4. The molecule has 0 bridgehead atoms. The zero-order valence-corrected chi connectivity index (χ0v) is 20.2. The lowest BCUT2D eigenvalue weighted by Crippen LogP contribution is -2.74. The van der Waals surface area contributed by atoms with Crippen molar-refractivity contribution in [2.45, 2.75) is 24.5 Å². The first-order valence-electron chi connectivity index (χ1n) is 11.8. The maximum Gasteiger partial charge on any atom is 0.235 e. The highest BCUT2D eigenvalue weighted by molar-refractivity contribution is 6.32. The molecule has 0 aliphatic heterocycles. The number of phenols is 1. The van der Waals surface area contributed by atoms with E-state index in [1.54, 1.807) is 55.6 Å². The molecule has 2 unspecified atom stereocenters. The summed E-state index contributed by atoms with van der Waals surface area (Å²) in [5.74, 6) is -10.7. The van der Waals surface area contributed by atoms with E-state index in [4.69, 9.17) is 5.73 Å². The fourth-order valence-corrected chi connectivity index (χ4v) is 6.28. The van der Waals surface area contributed by atoms with Gasteiger partial charge in [-0.2, -0.15) is 5.10 Å². The first-order chi connectivity index (χ1) is 17.5. The van der Waals surface area contributed by atoms with E-state index in [0.717, 1.165) is 0 Å². The second-order valence-corrected chi connectivity index (χ2v) is 10.1. The summed E-state index contributed by atoms with van der Waals surface area (Å²) >= 11 is 0. The van der Waals surface area contributed by atoms with Gasteiger partial charge in [0, 0.05) is 18.3 Å². The summed E-state index contributed by atoms with van der Waals surface area (Å²) in [7, 11) is 3.09. The molecule has 0 spiro atoms. The predicted molar refractivity (Wildman–Crippen MR) is 129 cm³/mol. The molecule has 11 nitrogen and oxygen atoms in total. The van der Waals surface area contributed by atoms with E-state index >= 15 is 0 Å². The van der Waals surface area contributed by atoms with Gasteiger partial charge in [0.25, 0.3) is 0 Å².